The van der Waals surface area contributed by atoms with E-state index < -0.39 is 0 Å². The number of hydrogen-bond donors (Lipinski definition) is 1. The predicted octanol–water partition coefficient (Wildman–Crippen LogP) is 0.0361. The third kappa shape index (κ3) is 2.50. The van der Waals surface area contributed by atoms with Gasteiger partial charge in [0.25, 0.3) is 0 Å². The highest BCUT2D eigenvalue weighted by molar-refractivity contribution is 5.85. The first-order valence-electron chi connectivity index (χ1n) is 5.75. The van der Waals surface area contributed by atoms with Crippen LogP contribution in [0.5, 0.6) is 0 Å². The number of amides is 1. The number of likely N-dealkylation sites (N-methyl/N-ethyl adjacent to an activating group) is 1. The summed E-state index contributed by atoms with van der Waals surface area (Å²) in [6, 6.07) is 0.530. The minimum Gasteiger partial charge on any atom is -0.340 e. The maximum Gasteiger partial charge on any atom is 0.228 e. The molecule has 16 heavy (non-hydrogen) atoms. The lowest BCUT2D eigenvalue weighted by molar-refractivity contribution is -0.136. The predicted molar refractivity (Wildman–Crippen MR) is 66.8 cm³/mol. The van der Waals surface area contributed by atoms with Gasteiger partial charge < -0.3 is 15.1 Å². The molecule has 0 aliphatic carbocycles. The number of halogens is 1. The van der Waals surface area contributed by atoms with E-state index in [2.05, 4.69) is 31.2 Å². The molecule has 2 rings (SSSR count). The Labute approximate surface area is 104 Å². The normalized spacial score (nSPS) is 30.1. The van der Waals surface area contributed by atoms with Gasteiger partial charge in [0.1, 0.15) is 0 Å². The number of likely N-dealkylation sites (tertiary alicyclic amines) is 1. The molecule has 94 valence electrons. The molecule has 2 aliphatic rings. The van der Waals surface area contributed by atoms with Crippen LogP contribution in [0.3, 0.4) is 0 Å². The number of hydrogen-bond acceptors (Lipinski definition) is 3. The summed E-state index contributed by atoms with van der Waals surface area (Å²) in [6.45, 7) is 5.81. The first kappa shape index (κ1) is 13.7. The maximum absolute atomic E-state index is 12.0. The van der Waals surface area contributed by atoms with Crippen LogP contribution < -0.4 is 5.32 Å². The van der Waals surface area contributed by atoms with E-state index in [4.69, 9.17) is 0 Å². The monoisotopic (exact) mass is 247 g/mol. The van der Waals surface area contributed by atoms with Crippen molar-refractivity contribution in [1.82, 2.24) is 15.1 Å². The molecule has 0 bridgehead atoms. The van der Waals surface area contributed by atoms with Gasteiger partial charge in [-0.3, -0.25) is 4.79 Å². The van der Waals surface area contributed by atoms with Gasteiger partial charge in [-0.05, 0) is 20.0 Å². The summed E-state index contributed by atoms with van der Waals surface area (Å²) in [7, 11) is 4.19. The fourth-order valence-electron chi connectivity index (χ4n) is 2.52. The molecule has 2 unspecified atom stereocenters. The molecule has 2 saturated heterocycles. The fourth-order valence-corrected chi connectivity index (χ4v) is 2.52. The minimum absolute atomic E-state index is 0. The van der Waals surface area contributed by atoms with Crippen molar-refractivity contribution in [1.29, 1.82) is 0 Å². The topological polar surface area (TPSA) is 35.6 Å². The van der Waals surface area contributed by atoms with Gasteiger partial charge in [-0.15, -0.1) is 12.4 Å². The lowest BCUT2D eigenvalue weighted by atomic mass is 10.0. The second-order valence-electron chi connectivity index (χ2n) is 5.11. The van der Waals surface area contributed by atoms with E-state index in [1.165, 1.54) is 0 Å². The Balaban J connectivity index is 0.00000128. The number of carbonyl (C=O) groups excluding carboxylic acids is 1. The molecule has 0 aromatic carbocycles. The average molecular weight is 248 g/mol. The molecule has 2 atom stereocenters. The number of nitrogens with one attached hydrogen (secondary N) is 1. The van der Waals surface area contributed by atoms with E-state index in [0.717, 1.165) is 26.2 Å². The third-order valence-electron chi connectivity index (χ3n) is 3.68. The second kappa shape index (κ2) is 5.34. The molecule has 0 saturated carbocycles. The van der Waals surface area contributed by atoms with E-state index in [-0.39, 0.29) is 18.3 Å². The maximum atomic E-state index is 12.0. The molecule has 1 N–H and O–H groups in total. The van der Waals surface area contributed by atoms with Crippen molar-refractivity contribution in [3.63, 3.8) is 0 Å². The first-order valence-corrected chi connectivity index (χ1v) is 5.75. The minimum atomic E-state index is 0. The summed E-state index contributed by atoms with van der Waals surface area (Å²) >= 11 is 0. The number of rotatable bonds is 2. The van der Waals surface area contributed by atoms with Crippen LogP contribution in [0, 0.1) is 11.8 Å². The van der Waals surface area contributed by atoms with E-state index in [1.807, 2.05) is 4.90 Å². The molecule has 1 amide bonds. The van der Waals surface area contributed by atoms with E-state index in [9.17, 15) is 4.79 Å². The van der Waals surface area contributed by atoms with E-state index in [0.29, 0.717) is 17.9 Å². The smallest absolute Gasteiger partial charge is 0.228 e. The van der Waals surface area contributed by atoms with Crippen LogP contribution in [0.25, 0.3) is 0 Å². The van der Waals surface area contributed by atoms with Gasteiger partial charge in [0.15, 0.2) is 0 Å². The van der Waals surface area contributed by atoms with Gasteiger partial charge in [-0.25, -0.2) is 0 Å². The Bertz CT molecular complexity index is 256. The standard InChI is InChI=1S/C11H21N3O.ClH/c1-8-6-14(7-10(8)13(2)3)11(15)9-4-12-5-9;/h8-10,12H,4-7H2,1-3H3;1H. The van der Waals surface area contributed by atoms with Crippen molar-refractivity contribution < 1.29 is 4.79 Å². The fraction of sp³-hybridized carbons (Fsp3) is 0.909. The first-order chi connectivity index (χ1) is 7.09. The van der Waals surface area contributed by atoms with Gasteiger partial charge >= 0.3 is 0 Å². The van der Waals surface area contributed by atoms with Crippen LogP contribution in [0.15, 0.2) is 0 Å². The zero-order valence-electron chi connectivity index (χ0n) is 10.3. The molecule has 0 aromatic rings. The molecule has 5 heteroatoms. The van der Waals surface area contributed by atoms with Crippen molar-refractivity contribution in [3.05, 3.63) is 0 Å². The van der Waals surface area contributed by atoms with Gasteiger partial charge in [0.2, 0.25) is 5.91 Å². The van der Waals surface area contributed by atoms with Gasteiger partial charge in [-0.2, -0.15) is 0 Å². The highest BCUT2D eigenvalue weighted by atomic mass is 35.5. The van der Waals surface area contributed by atoms with Crippen LogP contribution in [0.4, 0.5) is 0 Å². The van der Waals surface area contributed by atoms with Crippen LogP contribution >= 0.6 is 12.4 Å². The van der Waals surface area contributed by atoms with Crippen molar-refractivity contribution >= 4 is 18.3 Å². The van der Waals surface area contributed by atoms with Crippen molar-refractivity contribution in [2.45, 2.75) is 13.0 Å². The van der Waals surface area contributed by atoms with Crippen molar-refractivity contribution in [3.8, 4) is 0 Å². The summed E-state index contributed by atoms with van der Waals surface area (Å²) < 4.78 is 0. The molecule has 4 nitrogen and oxygen atoms in total. The highest BCUT2D eigenvalue weighted by Crippen LogP contribution is 2.22. The van der Waals surface area contributed by atoms with E-state index >= 15 is 0 Å². The number of nitrogens with zero attached hydrogens (tertiary/aromatic N) is 2. The number of carbonyl (C=O) groups is 1. The highest BCUT2D eigenvalue weighted by Gasteiger charge is 2.37. The van der Waals surface area contributed by atoms with Gasteiger partial charge in [-0.1, -0.05) is 6.92 Å². The molecule has 0 radical (unpaired) electrons. The Kier molecular flexibility index (Phi) is 4.59. The molecule has 2 heterocycles. The summed E-state index contributed by atoms with van der Waals surface area (Å²) in [5, 5.41) is 3.15. The average Bonchev–Trinajstić information content (AvgIpc) is 2.44. The Morgan fingerprint density at radius 2 is 1.94 bits per heavy atom. The Morgan fingerprint density at radius 3 is 2.31 bits per heavy atom. The zero-order chi connectivity index (χ0) is 11.0. The van der Waals surface area contributed by atoms with Crippen LogP contribution in [0.2, 0.25) is 0 Å². The quantitative estimate of drug-likeness (QED) is 0.748. The summed E-state index contributed by atoms with van der Waals surface area (Å²) in [5.74, 6) is 1.19. The summed E-state index contributed by atoms with van der Waals surface area (Å²) in [6.07, 6.45) is 0. The summed E-state index contributed by atoms with van der Waals surface area (Å²) in [5.41, 5.74) is 0. The molecular weight excluding hydrogens is 226 g/mol. The van der Waals surface area contributed by atoms with Gasteiger partial charge in [0.05, 0.1) is 5.92 Å². The van der Waals surface area contributed by atoms with Crippen molar-refractivity contribution in [2.75, 3.05) is 40.3 Å². The molecule has 0 spiro atoms. The van der Waals surface area contributed by atoms with Crippen molar-refractivity contribution in [2.24, 2.45) is 11.8 Å². The van der Waals surface area contributed by atoms with Crippen LogP contribution in [-0.2, 0) is 4.79 Å². The van der Waals surface area contributed by atoms with E-state index in [1.54, 1.807) is 0 Å². The largest absolute Gasteiger partial charge is 0.340 e. The third-order valence-corrected chi connectivity index (χ3v) is 3.68. The van der Waals surface area contributed by atoms with Crippen LogP contribution in [-0.4, -0.2) is 62.0 Å². The lowest BCUT2D eigenvalue weighted by Crippen LogP contribution is -2.51. The molecule has 2 aliphatic heterocycles. The van der Waals surface area contributed by atoms with Gasteiger partial charge in [0, 0.05) is 32.2 Å². The Morgan fingerprint density at radius 1 is 1.31 bits per heavy atom. The SMILES string of the molecule is CC1CN(C(=O)C2CNC2)CC1N(C)C.Cl. The molecule has 2 fully saturated rings. The Hall–Kier alpha value is -0.320. The molecule has 0 aromatic heterocycles. The zero-order valence-corrected chi connectivity index (χ0v) is 11.1. The summed E-state index contributed by atoms with van der Waals surface area (Å²) in [4.78, 5) is 16.3. The van der Waals surface area contributed by atoms with Crippen LogP contribution in [0.1, 0.15) is 6.92 Å². The lowest BCUT2D eigenvalue weighted by Gasteiger charge is -2.30. The molecular formula is C11H22ClN3O. The second-order valence-corrected chi connectivity index (χ2v) is 5.11.